The number of benzene rings is 1. The highest BCUT2D eigenvalue weighted by atomic mass is 16.4. The van der Waals surface area contributed by atoms with Crippen molar-refractivity contribution in [2.24, 2.45) is 0 Å². The predicted octanol–water partition coefficient (Wildman–Crippen LogP) is 2.19. The van der Waals surface area contributed by atoms with Crippen molar-refractivity contribution in [3.63, 3.8) is 0 Å². The van der Waals surface area contributed by atoms with Crippen LogP contribution in [0.4, 0.5) is 4.79 Å². The molecule has 1 aromatic carbocycles. The zero-order valence-corrected chi connectivity index (χ0v) is 11.9. The molecule has 21 heavy (non-hydrogen) atoms. The van der Waals surface area contributed by atoms with Crippen LogP contribution >= 0.6 is 0 Å². The lowest BCUT2D eigenvalue weighted by Crippen LogP contribution is -2.61. The summed E-state index contributed by atoms with van der Waals surface area (Å²) in [5.41, 5.74) is 0.214. The maximum absolute atomic E-state index is 12.3. The molecule has 2 amide bonds. The summed E-state index contributed by atoms with van der Waals surface area (Å²) in [7, 11) is 0. The smallest absolute Gasteiger partial charge is 0.329 e. The summed E-state index contributed by atoms with van der Waals surface area (Å²) < 4.78 is 0. The van der Waals surface area contributed by atoms with Crippen molar-refractivity contribution in [3.8, 4) is 0 Å². The fraction of sp³-hybridized carbons (Fsp3) is 0.500. The third kappa shape index (κ3) is 2.60. The van der Waals surface area contributed by atoms with Gasteiger partial charge in [0.2, 0.25) is 0 Å². The average molecular weight is 288 g/mol. The van der Waals surface area contributed by atoms with Crippen LogP contribution in [-0.4, -0.2) is 40.6 Å². The first-order valence-electron chi connectivity index (χ1n) is 7.46. The van der Waals surface area contributed by atoms with Gasteiger partial charge in [0.05, 0.1) is 0 Å². The van der Waals surface area contributed by atoms with Crippen molar-refractivity contribution in [2.75, 3.05) is 13.1 Å². The first-order valence-corrected chi connectivity index (χ1v) is 7.46. The Bertz CT molecular complexity index is 540. The number of carboxylic acids is 1. The van der Waals surface area contributed by atoms with Gasteiger partial charge in [-0.3, -0.25) is 0 Å². The van der Waals surface area contributed by atoms with E-state index in [1.807, 2.05) is 18.2 Å². The fourth-order valence-corrected chi connectivity index (χ4v) is 3.15. The molecule has 0 radical (unpaired) electrons. The van der Waals surface area contributed by atoms with Crippen LogP contribution in [0.3, 0.4) is 0 Å². The number of aliphatic carboxylic acids is 1. The van der Waals surface area contributed by atoms with Crippen LogP contribution in [0.1, 0.15) is 37.2 Å². The highest BCUT2D eigenvalue weighted by Gasteiger charge is 2.46. The van der Waals surface area contributed by atoms with Gasteiger partial charge >= 0.3 is 12.0 Å². The SMILES string of the molecule is O=C(NC1(C(=O)O)CCC1)N1CCC(c2ccccc2)C1. The molecule has 1 saturated heterocycles. The topological polar surface area (TPSA) is 69.6 Å². The van der Waals surface area contributed by atoms with E-state index in [0.717, 1.165) is 12.8 Å². The number of nitrogens with one attached hydrogen (secondary N) is 1. The third-order valence-electron chi connectivity index (χ3n) is 4.71. The van der Waals surface area contributed by atoms with Gasteiger partial charge in [-0.2, -0.15) is 0 Å². The number of carbonyl (C=O) groups excluding carboxylic acids is 1. The van der Waals surface area contributed by atoms with Gasteiger partial charge in [0.15, 0.2) is 0 Å². The molecule has 2 fully saturated rings. The number of carboxylic acid groups (broad SMARTS) is 1. The largest absolute Gasteiger partial charge is 0.480 e. The highest BCUT2D eigenvalue weighted by Crippen LogP contribution is 2.33. The predicted molar refractivity (Wildman–Crippen MR) is 78.1 cm³/mol. The molecule has 1 heterocycles. The van der Waals surface area contributed by atoms with Crippen molar-refractivity contribution in [1.82, 2.24) is 10.2 Å². The van der Waals surface area contributed by atoms with Crippen LogP contribution in [0.2, 0.25) is 0 Å². The maximum Gasteiger partial charge on any atom is 0.329 e. The molecule has 2 N–H and O–H groups in total. The second-order valence-corrected chi connectivity index (χ2v) is 6.01. The Morgan fingerprint density at radius 3 is 2.52 bits per heavy atom. The summed E-state index contributed by atoms with van der Waals surface area (Å²) in [5.74, 6) is -0.569. The van der Waals surface area contributed by atoms with E-state index >= 15 is 0 Å². The number of rotatable bonds is 3. The van der Waals surface area contributed by atoms with Crippen molar-refractivity contribution in [1.29, 1.82) is 0 Å². The molecule has 1 aromatic rings. The van der Waals surface area contributed by atoms with Crippen molar-refractivity contribution in [3.05, 3.63) is 35.9 Å². The minimum atomic E-state index is -1.03. The molecule has 1 aliphatic heterocycles. The summed E-state index contributed by atoms with van der Waals surface area (Å²) in [4.78, 5) is 25.3. The minimum absolute atomic E-state index is 0.240. The van der Waals surface area contributed by atoms with E-state index in [0.29, 0.717) is 31.8 Å². The van der Waals surface area contributed by atoms with Gasteiger partial charge in [-0.1, -0.05) is 30.3 Å². The second-order valence-electron chi connectivity index (χ2n) is 6.01. The number of hydrogen-bond donors (Lipinski definition) is 2. The number of hydrogen-bond acceptors (Lipinski definition) is 2. The van der Waals surface area contributed by atoms with Crippen LogP contribution in [0.15, 0.2) is 30.3 Å². The molecule has 0 aromatic heterocycles. The Balaban J connectivity index is 1.61. The number of urea groups is 1. The van der Waals surface area contributed by atoms with Crippen molar-refractivity contribution in [2.45, 2.75) is 37.1 Å². The molecule has 0 spiro atoms. The van der Waals surface area contributed by atoms with Gasteiger partial charge in [0, 0.05) is 19.0 Å². The molecule has 3 rings (SSSR count). The molecule has 2 aliphatic rings. The Kier molecular flexibility index (Phi) is 3.57. The molecule has 1 saturated carbocycles. The third-order valence-corrected chi connectivity index (χ3v) is 4.71. The van der Waals surface area contributed by atoms with Gasteiger partial charge in [-0.25, -0.2) is 9.59 Å². The van der Waals surface area contributed by atoms with E-state index in [1.165, 1.54) is 5.56 Å². The number of amides is 2. The van der Waals surface area contributed by atoms with Crippen LogP contribution in [0, 0.1) is 0 Å². The summed E-state index contributed by atoms with van der Waals surface area (Å²) in [6.07, 6.45) is 2.85. The second kappa shape index (κ2) is 5.39. The molecule has 0 bridgehead atoms. The van der Waals surface area contributed by atoms with Crippen LogP contribution < -0.4 is 5.32 Å². The Morgan fingerprint density at radius 2 is 1.95 bits per heavy atom. The van der Waals surface area contributed by atoms with E-state index in [4.69, 9.17) is 0 Å². The van der Waals surface area contributed by atoms with Gasteiger partial charge in [-0.05, 0) is 31.2 Å². The average Bonchev–Trinajstić information content (AvgIpc) is 2.93. The maximum atomic E-state index is 12.3. The Hall–Kier alpha value is -2.04. The van der Waals surface area contributed by atoms with Crippen LogP contribution in [-0.2, 0) is 4.79 Å². The molecule has 1 aliphatic carbocycles. The van der Waals surface area contributed by atoms with Gasteiger partial charge < -0.3 is 15.3 Å². The van der Waals surface area contributed by atoms with E-state index in [2.05, 4.69) is 17.4 Å². The normalized spacial score (nSPS) is 23.4. The molecule has 1 atom stereocenters. The monoisotopic (exact) mass is 288 g/mol. The molecule has 1 unspecified atom stereocenters. The zero-order valence-electron chi connectivity index (χ0n) is 11.9. The summed E-state index contributed by atoms with van der Waals surface area (Å²) in [6.45, 7) is 1.34. The lowest BCUT2D eigenvalue weighted by atomic mass is 9.77. The van der Waals surface area contributed by atoms with Gasteiger partial charge in [0.25, 0.3) is 0 Å². The van der Waals surface area contributed by atoms with Crippen LogP contribution in [0.5, 0.6) is 0 Å². The van der Waals surface area contributed by atoms with E-state index in [-0.39, 0.29) is 6.03 Å². The summed E-state index contributed by atoms with van der Waals surface area (Å²) in [5, 5.41) is 12.0. The van der Waals surface area contributed by atoms with Crippen molar-refractivity contribution < 1.29 is 14.7 Å². The Labute approximate surface area is 123 Å². The zero-order chi connectivity index (χ0) is 14.9. The summed E-state index contributed by atoms with van der Waals surface area (Å²) >= 11 is 0. The number of carbonyl (C=O) groups is 2. The fourth-order valence-electron chi connectivity index (χ4n) is 3.15. The van der Waals surface area contributed by atoms with Crippen molar-refractivity contribution >= 4 is 12.0 Å². The van der Waals surface area contributed by atoms with Crippen LogP contribution in [0.25, 0.3) is 0 Å². The molecular weight excluding hydrogens is 268 g/mol. The standard InChI is InChI=1S/C16H20N2O3/c19-14(20)16(8-4-9-16)17-15(21)18-10-7-13(11-18)12-5-2-1-3-6-12/h1-3,5-6,13H,4,7-11H2,(H,17,21)(H,19,20). The first kappa shape index (κ1) is 13.9. The highest BCUT2D eigenvalue weighted by molar-refractivity contribution is 5.87. The first-order chi connectivity index (χ1) is 10.1. The van der Waals surface area contributed by atoms with E-state index < -0.39 is 11.5 Å². The minimum Gasteiger partial charge on any atom is -0.480 e. The molecule has 5 heteroatoms. The van der Waals surface area contributed by atoms with Gasteiger partial charge in [-0.15, -0.1) is 0 Å². The molecule has 5 nitrogen and oxygen atoms in total. The lowest BCUT2D eigenvalue weighted by Gasteiger charge is -2.39. The van der Waals surface area contributed by atoms with Gasteiger partial charge in [0.1, 0.15) is 5.54 Å². The lowest BCUT2D eigenvalue weighted by molar-refractivity contribution is -0.148. The molecule has 112 valence electrons. The molecular formula is C16H20N2O3. The summed E-state index contributed by atoms with van der Waals surface area (Å²) in [6, 6.07) is 9.91. The quantitative estimate of drug-likeness (QED) is 0.895. The van der Waals surface area contributed by atoms with E-state index in [1.54, 1.807) is 4.90 Å². The van der Waals surface area contributed by atoms with E-state index in [9.17, 15) is 14.7 Å². The Morgan fingerprint density at radius 1 is 1.24 bits per heavy atom. The number of nitrogens with zero attached hydrogens (tertiary/aromatic N) is 1. The number of likely N-dealkylation sites (tertiary alicyclic amines) is 1.